The molecule has 1 heterocycles. The van der Waals surface area contributed by atoms with Crippen LogP contribution in [0.5, 0.6) is 0 Å². The van der Waals surface area contributed by atoms with Gasteiger partial charge in [0, 0.05) is 22.8 Å². The van der Waals surface area contributed by atoms with Crippen LogP contribution in [0.25, 0.3) is 0 Å². The van der Waals surface area contributed by atoms with Gasteiger partial charge in [0.25, 0.3) is 5.91 Å². The molecule has 5 heteroatoms. The second-order valence-electron chi connectivity index (χ2n) is 5.28. The maximum atomic E-state index is 12.1. The molecule has 0 saturated heterocycles. The number of amides is 3. The van der Waals surface area contributed by atoms with Crippen molar-refractivity contribution in [1.29, 1.82) is 0 Å². The van der Waals surface area contributed by atoms with Crippen LogP contribution < -0.4 is 0 Å². The molecule has 24 heavy (non-hydrogen) atoms. The standard InChI is InChI=1S/C19H16N2O2S/c1-2-12-21-18(22)17(20-19(21)23)13-14-8-10-16(11-9-14)24-15-6-4-3-5-7-15/h2-11H,1,12-13H2. The summed E-state index contributed by atoms with van der Waals surface area (Å²) in [6.07, 6.45) is 1.87. The van der Waals surface area contributed by atoms with Gasteiger partial charge >= 0.3 is 6.03 Å². The van der Waals surface area contributed by atoms with E-state index < -0.39 is 6.03 Å². The molecular weight excluding hydrogens is 320 g/mol. The lowest BCUT2D eigenvalue weighted by Gasteiger charge is -2.09. The van der Waals surface area contributed by atoms with E-state index >= 15 is 0 Å². The van der Waals surface area contributed by atoms with Gasteiger partial charge in [-0.2, -0.15) is 4.99 Å². The number of imide groups is 1. The van der Waals surface area contributed by atoms with E-state index in [9.17, 15) is 9.59 Å². The Bertz CT molecular complexity index is 798. The van der Waals surface area contributed by atoms with Crippen molar-refractivity contribution in [3.63, 3.8) is 0 Å². The van der Waals surface area contributed by atoms with Gasteiger partial charge in [-0.25, -0.2) is 4.79 Å². The molecule has 0 radical (unpaired) electrons. The third-order valence-corrected chi connectivity index (χ3v) is 4.55. The fourth-order valence-corrected chi connectivity index (χ4v) is 3.20. The minimum absolute atomic E-state index is 0.192. The molecule has 2 aromatic rings. The smallest absolute Gasteiger partial charge is 0.267 e. The van der Waals surface area contributed by atoms with E-state index in [2.05, 4.69) is 23.7 Å². The summed E-state index contributed by atoms with van der Waals surface area (Å²) in [7, 11) is 0. The molecule has 0 aliphatic carbocycles. The molecule has 120 valence electrons. The van der Waals surface area contributed by atoms with Crippen LogP contribution in [0.3, 0.4) is 0 Å². The fraction of sp³-hybridized carbons (Fsp3) is 0.105. The van der Waals surface area contributed by atoms with Crippen LogP contribution in [0.4, 0.5) is 4.79 Å². The first-order chi connectivity index (χ1) is 11.7. The van der Waals surface area contributed by atoms with E-state index in [-0.39, 0.29) is 18.2 Å². The Morgan fingerprint density at radius 2 is 1.67 bits per heavy atom. The third-order valence-electron chi connectivity index (χ3n) is 3.54. The maximum Gasteiger partial charge on any atom is 0.351 e. The van der Waals surface area contributed by atoms with Gasteiger partial charge in [-0.3, -0.25) is 9.69 Å². The molecule has 3 amide bonds. The average Bonchev–Trinajstić information content (AvgIpc) is 2.85. The number of aliphatic imine (C=N–C) groups is 1. The van der Waals surface area contributed by atoms with Crippen LogP contribution in [0.1, 0.15) is 5.56 Å². The van der Waals surface area contributed by atoms with Gasteiger partial charge < -0.3 is 0 Å². The Kier molecular flexibility index (Phi) is 4.91. The highest BCUT2D eigenvalue weighted by atomic mass is 32.2. The Morgan fingerprint density at radius 3 is 2.33 bits per heavy atom. The topological polar surface area (TPSA) is 49.7 Å². The van der Waals surface area contributed by atoms with E-state index in [1.54, 1.807) is 11.8 Å². The Labute approximate surface area is 144 Å². The Morgan fingerprint density at radius 1 is 1.00 bits per heavy atom. The number of urea groups is 1. The number of carbonyl (C=O) groups excluding carboxylic acids is 2. The molecule has 0 unspecified atom stereocenters. The van der Waals surface area contributed by atoms with Crippen molar-refractivity contribution in [2.45, 2.75) is 16.2 Å². The molecule has 3 rings (SSSR count). The minimum Gasteiger partial charge on any atom is -0.267 e. The predicted octanol–water partition coefficient (Wildman–Crippen LogP) is 3.97. The van der Waals surface area contributed by atoms with Gasteiger partial charge in [-0.05, 0) is 29.8 Å². The number of carbonyl (C=O) groups is 2. The predicted molar refractivity (Wildman–Crippen MR) is 95.5 cm³/mol. The van der Waals surface area contributed by atoms with Crippen LogP contribution >= 0.6 is 11.8 Å². The molecule has 1 aliphatic rings. The summed E-state index contributed by atoms with van der Waals surface area (Å²) >= 11 is 1.68. The monoisotopic (exact) mass is 336 g/mol. The molecule has 0 aromatic heterocycles. The number of benzene rings is 2. The van der Waals surface area contributed by atoms with Crippen LogP contribution in [0.15, 0.2) is 82.0 Å². The van der Waals surface area contributed by atoms with E-state index in [4.69, 9.17) is 0 Å². The van der Waals surface area contributed by atoms with Crippen LogP contribution in [-0.4, -0.2) is 29.1 Å². The summed E-state index contributed by atoms with van der Waals surface area (Å²) in [6, 6.07) is 17.6. The Balaban J connectivity index is 1.67. The average molecular weight is 336 g/mol. The largest absolute Gasteiger partial charge is 0.351 e. The lowest BCUT2D eigenvalue weighted by molar-refractivity contribution is -0.120. The highest BCUT2D eigenvalue weighted by Crippen LogP contribution is 2.27. The van der Waals surface area contributed by atoms with Crippen molar-refractivity contribution in [3.8, 4) is 0 Å². The first-order valence-corrected chi connectivity index (χ1v) is 8.35. The molecule has 0 N–H and O–H groups in total. The number of hydrogen-bond acceptors (Lipinski definition) is 3. The molecule has 0 saturated carbocycles. The van der Waals surface area contributed by atoms with Gasteiger partial charge in [0.15, 0.2) is 0 Å². The molecule has 0 bridgehead atoms. The van der Waals surface area contributed by atoms with Crippen molar-refractivity contribution in [1.82, 2.24) is 4.90 Å². The zero-order chi connectivity index (χ0) is 16.9. The first-order valence-electron chi connectivity index (χ1n) is 7.53. The van der Waals surface area contributed by atoms with Crippen molar-refractivity contribution in [2.75, 3.05) is 6.54 Å². The van der Waals surface area contributed by atoms with Gasteiger partial charge in [-0.15, -0.1) is 6.58 Å². The summed E-state index contributed by atoms with van der Waals surface area (Å²) in [5, 5.41) is 0. The number of nitrogens with zero attached hydrogens (tertiary/aromatic N) is 2. The number of rotatable bonds is 6. The second kappa shape index (κ2) is 7.27. The van der Waals surface area contributed by atoms with Crippen LogP contribution in [-0.2, 0) is 11.2 Å². The minimum atomic E-state index is -0.508. The molecule has 1 aliphatic heterocycles. The van der Waals surface area contributed by atoms with Crippen LogP contribution in [0.2, 0.25) is 0 Å². The van der Waals surface area contributed by atoms with Crippen molar-refractivity contribution >= 4 is 29.4 Å². The third kappa shape index (κ3) is 3.63. The van der Waals surface area contributed by atoms with Gasteiger partial charge in [-0.1, -0.05) is 48.2 Å². The highest BCUT2D eigenvalue weighted by Gasteiger charge is 2.31. The maximum absolute atomic E-state index is 12.1. The van der Waals surface area contributed by atoms with E-state index in [0.29, 0.717) is 6.42 Å². The summed E-state index contributed by atoms with van der Waals surface area (Å²) in [5.74, 6) is -0.331. The lowest BCUT2D eigenvalue weighted by atomic mass is 10.1. The van der Waals surface area contributed by atoms with Gasteiger partial charge in [0.1, 0.15) is 5.71 Å². The molecule has 0 spiro atoms. The molecule has 0 fully saturated rings. The second-order valence-corrected chi connectivity index (χ2v) is 6.43. The van der Waals surface area contributed by atoms with E-state index in [0.717, 1.165) is 15.4 Å². The normalized spacial score (nSPS) is 14.0. The molecule has 0 atom stereocenters. The lowest BCUT2D eigenvalue weighted by Crippen LogP contribution is -2.33. The van der Waals surface area contributed by atoms with Crippen molar-refractivity contribution in [2.24, 2.45) is 4.99 Å². The van der Waals surface area contributed by atoms with Gasteiger partial charge in [0.05, 0.1) is 0 Å². The molecular formula is C19H16N2O2S. The van der Waals surface area contributed by atoms with Gasteiger partial charge in [0.2, 0.25) is 0 Å². The number of hydrogen-bond donors (Lipinski definition) is 0. The summed E-state index contributed by atoms with van der Waals surface area (Å²) in [4.78, 5) is 31.1. The van der Waals surface area contributed by atoms with Crippen molar-refractivity contribution in [3.05, 3.63) is 72.8 Å². The first kappa shape index (κ1) is 16.2. The fourth-order valence-electron chi connectivity index (χ4n) is 2.36. The quantitative estimate of drug-likeness (QED) is 0.750. The van der Waals surface area contributed by atoms with Crippen molar-refractivity contribution < 1.29 is 9.59 Å². The summed E-state index contributed by atoms with van der Waals surface area (Å²) in [5.41, 5.74) is 1.23. The zero-order valence-electron chi connectivity index (χ0n) is 13.0. The summed E-state index contributed by atoms with van der Waals surface area (Å²) in [6.45, 7) is 3.74. The zero-order valence-corrected chi connectivity index (χ0v) is 13.8. The van der Waals surface area contributed by atoms with E-state index in [1.807, 2.05) is 42.5 Å². The highest BCUT2D eigenvalue weighted by molar-refractivity contribution is 7.99. The van der Waals surface area contributed by atoms with Crippen LogP contribution in [0, 0.1) is 0 Å². The Hall–Kier alpha value is -2.66. The van der Waals surface area contributed by atoms with E-state index in [1.165, 1.54) is 11.0 Å². The molecule has 4 nitrogen and oxygen atoms in total. The summed E-state index contributed by atoms with van der Waals surface area (Å²) < 4.78 is 0. The SMILES string of the molecule is C=CCN1C(=O)N=C(Cc2ccc(Sc3ccccc3)cc2)C1=O. The molecule has 2 aromatic carbocycles.